The van der Waals surface area contributed by atoms with Gasteiger partial charge in [0.25, 0.3) is 0 Å². The van der Waals surface area contributed by atoms with Crippen LogP contribution in [0.5, 0.6) is 11.5 Å². The van der Waals surface area contributed by atoms with Gasteiger partial charge in [0.15, 0.2) is 23.1 Å². The van der Waals surface area contributed by atoms with Crippen molar-refractivity contribution >= 4 is 34.3 Å². The first-order valence-electron chi connectivity index (χ1n) is 13.9. The van der Waals surface area contributed by atoms with Crippen molar-refractivity contribution in [2.75, 3.05) is 0 Å². The zero-order valence-electron chi connectivity index (χ0n) is 23.3. The number of hydrogen-bond donors (Lipinski definition) is 0. The Bertz CT molecular complexity index is 1850. The molecule has 0 fully saturated rings. The highest BCUT2D eigenvalue weighted by Gasteiger charge is 2.33. The Morgan fingerprint density at radius 2 is 0.614 bits per heavy atom. The van der Waals surface area contributed by atoms with Crippen LogP contribution in [-0.2, 0) is 0 Å². The van der Waals surface area contributed by atoms with E-state index in [1.807, 2.05) is 0 Å². The number of ether oxygens (including phenoxy) is 2. The lowest BCUT2D eigenvalue weighted by Gasteiger charge is -2.21. The maximum Gasteiger partial charge on any atom is 0.343 e. The fraction of sp³-hybridized carbons (Fsp3) is 0. The van der Waals surface area contributed by atoms with Gasteiger partial charge in [-0.2, -0.15) is 0 Å². The number of ketones is 2. The van der Waals surface area contributed by atoms with Gasteiger partial charge in [-0.25, -0.2) is 9.59 Å². The van der Waals surface area contributed by atoms with E-state index in [2.05, 4.69) is 0 Å². The first kappa shape index (κ1) is 28.0. The molecule has 0 saturated carbocycles. The molecule has 0 aliphatic heterocycles. The molecule has 0 amide bonds. The summed E-state index contributed by atoms with van der Waals surface area (Å²) in [6, 6.07) is 40.1. The Balaban J connectivity index is 1.68. The number of carbonyl (C=O) groups excluding carboxylic acids is 4. The molecular weight excluding hydrogens is 552 g/mol. The third-order valence-electron chi connectivity index (χ3n) is 7.06. The van der Waals surface area contributed by atoms with Crippen LogP contribution < -0.4 is 9.47 Å². The van der Waals surface area contributed by atoms with E-state index in [1.54, 1.807) is 146 Å². The standard InChI is InChI=1S/C38H24O6/c39-33(25-15-5-1-6-16-25)31-32(34(40)26-17-7-2-8-18-26)36(44-38(42)28-21-11-4-12-22-28)30-24-14-13-23-29(30)35(31)43-37(41)27-19-9-3-10-20-27/h1-24H. The van der Waals surface area contributed by atoms with E-state index in [0.29, 0.717) is 10.8 Å². The summed E-state index contributed by atoms with van der Waals surface area (Å²) in [7, 11) is 0. The van der Waals surface area contributed by atoms with Gasteiger partial charge in [-0.3, -0.25) is 9.59 Å². The highest BCUT2D eigenvalue weighted by molar-refractivity contribution is 6.26. The predicted octanol–water partition coefficient (Wildman–Crippen LogP) is 7.74. The molecular formula is C38H24O6. The van der Waals surface area contributed by atoms with Gasteiger partial charge >= 0.3 is 11.9 Å². The van der Waals surface area contributed by atoms with Gasteiger partial charge in [0, 0.05) is 21.9 Å². The molecule has 6 aromatic rings. The van der Waals surface area contributed by atoms with Crippen molar-refractivity contribution in [3.63, 3.8) is 0 Å². The normalized spacial score (nSPS) is 10.6. The van der Waals surface area contributed by atoms with Gasteiger partial charge in [-0.15, -0.1) is 0 Å². The molecule has 0 N–H and O–H groups in total. The Hall–Kier alpha value is -6.14. The second-order valence-corrected chi connectivity index (χ2v) is 9.86. The van der Waals surface area contributed by atoms with Crippen LogP contribution in [0.3, 0.4) is 0 Å². The van der Waals surface area contributed by atoms with E-state index in [0.717, 1.165) is 0 Å². The summed E-state index contributed by atoms with van der Waals surface area (Å²) in [4.78, 5) is 55.7. The van der Waals surface area contributed by atoms with Gasteiger partial charge in [0.1, 0.15) is 0 Å². The second kappa shape index (κ2) is 12.4. The summed E-state index contributed by atoms with van der Waals surface area (Å²) in [6.07, 6.45) is 0. The summed E-state index contributed by atoms with van der Waals surface area (Å²) < 4.78 is 12.0. The van der Waals surface area contributed by atoms with Crippen LogP contribution in [0.2, 0.25) is 0 Å². The molecule has 6 heteroatoms. The van der Waals surface area contributed by atoms with E-state index in [-0.39, 0.29) is 44.9 Å². The van der Waals surface area contributed by atoms with E-state index < -0.39 is 23.5 Å². The van der Waals surface area contributed by atoms with Gasteiger partial charge in [-0.05, 0) is 24.3 Å². The van der Waals surface area contributed by atoms with Crippen LogP contribution in [0, 0.1) is 0 Å². The molecule has 0 unspecified atom stereocenters. The molecule has 0 aromatic heterocycles. The minimum Gasteiger partial charge on any atom is -0.421 e. The minimum absolute atomic E-state index is 0.109. The number of hydrogen-bond acceptors (Lipinski definition) is 6. The topological polar surface area (TPSA) is 86.7 Å². The molecule has 0 radical (unpaired) electrons. The van der Waals surface area contributed by atoms with Crippen molar-refractivity contribution in [3.8, 4) is 11.5 Å². The van der Waals surface area contributed by atoms with Crippen molar-refractivity contribution in [2.45, 2.75) is 0 Å². The average molecular weight is 577 g/mol. The van der Waals surface area contributed by atoms with Crippen LogP contribution in [0.1, 0.15) is 52.6 Å². The van der Waals surface area contributed by atoms with Crippen molar-refractivity contribution in [2.24, 2.45) is 0 Å². The molecule has 212 valence electrons. The maximum absolute atomic E-state index is 14.4. The lowest BCUT2D eigenvalue weighted by atomic mass is 9.88. The summed E-state index contributed by atoms with van der Waals surface area (Å²) >= 11 is 0. The van der Waals surface area contributed by atoms with Crippen LogP contribution >= 0.6 is 0 Å². The monoisotopic (exact) mass is 576 g/mol. The molecule has 0 saturated heterocycles. The van der Waals surface area contributed by atoms with Crippen LogP contribution in [0.15, 0.2) is 146 Å². The number of benzene rings is 6. The number of carbonyl (C=O) groups is 4. The largest absolute Gasteiger partial charge is 0.421 e. The van der Waals surface area contributed by atoms with E-state index in [4.69, 9.17) is 9.47 Å². The Labute approximate surface area is 253 Å². The SMILES string of the molecule is O=C(Oc1c(C(=O)c2ccccc2)c(C(=O)c2ccccc2)c(OC(=O)c2ccccc2)c2ccccc12)c1ccccc1. The molecule has 44 heavy (non-hydrogen) atoms. The lowest BCUT2D eigenvalue weighted by Crippen LogP contribution is -2.20. The van der Waals surface area contributed by atoms with Crippen LogP contribution in [0.4, 0.5) is 0 Å². The highest BCUT2D eigenvalue weighted by Crippen LogP contribution is 2.43. The molecule has 0 aliphatic carbocycles. The maximum atomic E-state index is 14.4. The van der Waals surface area contributed by atoms with Crippen LogP contribution in [0.25, 0.3) is 10.8 Å². The lowest BCUT2D eigenvalue weighted by molar-refractivity contribution is 0.0717. The van der Waals surface area contributed by atoms with Gasteiger partial charge < -0.3 is 9.47 Å². The van der Waals surface area contributed by atoms with E-state index in [9.17, 15) is 19.2 Å². The fourth-order valence-corrected chi connectivity index (χ4v) is 4.94. The van der Waals surface area contributed by atoms with Gasteiger partial charge in [0.2, 0.25) is 0 Å². The smallest absolute Gasteiger partial charge is 0.343 e. The Morgan fingerprint density at radius 3 is 0.932 bits per heavy atom. The summed E-state index contributed by atoms with van der Waals surface area (Å²) in [5.74, 6) is -2.81. The van der Waals surface area contributed by atoms with E-state index >= 15 is 0 Å². The quantitative estimate of drug-likeness (QED) is 0.105. The average Bonchev–Trinajstić information content (AvgIpc) is 3.09. The molecule has 6 aromatic carbocycles. The zero-order valence-corrected chi connectivity index (χ0v) is 23.3. The van der Waals surface area contributed by atoms with Crippen molar-refractivity contribution in [3.05, 3.63) is 179 Å². The fourth-order valence-electron chi connectivity index (χ4n) is 4.94. The van der Waals surface area contributed by atoms with Gasteiger partial charge in [-0.1, -0.05) is 121 Å². The minimum atomic E-state index is -0.718. The summed E-state index contributed by atoms with van der Waals surface area (Å²) in [5, 5.41) is 0.632. The van der Waals surface area contributed by atoms with Crippen molar-refractivity contribution < 1.29 is 28.7 Å². The highest BCUT2D eigenvalue weighted by atomic mass is 16.5. The Kier molecular flexibility index (Phi) is 7.88. The third kappa shape index (κ3) is 5.52. The molecule has 6 nitrogen and oxygen atoms in total. The Morgan fingerprint density at radius 1 is 0.341 bits per heavy atom. The van der Waals surface area contributed by atoms with E-state index in [1.165, 1.54) is 0 Å². The third-order valence-corrected chi connectivity index (χ3v) is 7.06. The first-order valence-corrected chi connectivity index (χ1v) is 13.9. The van der Waals surface area contributed by atoms with Crippen molar-refractivity contribution in [1.82, 2.24) is 0 Å². The number of rotatable bonds is 8. The van der Waals surface area contributed by atoms with Gasteiger partial charge in [0.05, 0.1) is 22.3 Å². The number of esters is 2. The second-order valence-electron chi connectivity index (χ2n) is 9.86. The number of fused-ring (bicyclic) bond motifs is 1. The molecule has 0 heterocycles. The molecule has 0 aliphatic rings. The molecule has 0 bridgehead atoms. The van der Waals surface area contributed by atoms with Crippen LogP contribution in [-0.4, -0.2) is 23.5 Å². The predicted molar refractivity (Wildman–Crippen MR) is 166 cm³/mol. The van der Waals surface area contributed by atoms with Crippen molar-refractivity contribution in [1.29, 1.82) is 0 Å². The zero-order chi connectivity index (χ0) is 30.5. The molecule has 0 spiro atoms. The molecule has 6 rings (SSSR count). The first-order chi connectivity index (χ1) is 21.5. The molecule has 0 atom stereocenters. The summed E-state index contributed by atoms with van der Waals surface area (Å²) in [5.41, 5.74) is 0.632. The summed E-state index contributed by atoms with van der Waals surface area (Å²) in [6.45, 7) is 0.